The summed E-state index contributed by atoms with van der Waals surface area (Å²) in [5, 5.41) is 5.99. The number of pyridine rings is 1. The Morgan fingerprint density at radius 3 is 2.35 bits per heavy atom. The summed E-state index contributed by atoms with van der Waals surface area (Å²) in [5.41, 5.74) is 0.729. The van der Waals surface area contributed by atoms with Crippen molar-refractivity contribution < 1.29 is 14.3 Å². The summed E-state index contributed by atoms with van der Waals surface area (Å²) < 4.78 is 5.38. The Morgan fingerprint density at radius 1 is 1.13 bits per heavy atom. The fourth-order valence-electron chi connectivity index (χ4n) is 6.65. The molecule has 7 nitrogen and oxygen atoms in total. The third-order valence-electron chi connectivity index (χ3n) is 7.87. The molecule has 31 heavy (non-hydrogen) atoms. The van der Waals surface area contributed by atoms with Crippen molar-refractivity contribution in [1.29, 1.82) is 0 Å². The number of carbonyl (C=O) groups is 2. The lowest BCUT2D eigenvalue weighted by Gasteiger charge is -2.55. The molecule has 168 valence electrons. The minimum Gasteiger partial charge on any atom is -0.378 e. The van der Waals surface area contributed by atoms with Gasteiger partial charge in [-0.2, -0.15) is 0 Å². The monoisotopic (exact) mass is 426 g/mol. The molecule has 5 fully saturated rings. The van der Waals surface area contributed by atoms with Crippen LogP contribution in [-0.4, -0.2) is 49.1 Å². The minimum atomic E-state index is -0.527. The average Bonchev–Trinajstić information content (AvgIpc) is 2.77. The van der Waals surface area contributed by atoms with Crippen LogP contribution in [0.25, 0.3) is 0 Å². The van der Waals surface area contributed by atoms with Gasteiger partial charge in [0.1, 0.15) is 11.9 Å². The average molecular weight is 427 g/mol. The number of carbonyl (C=O) groups excluding carboxylic acids is 2. The van der Waals surface area contributed by atoms with Crippen molar-refractivity contribution in [1.82, 2.24) is 15.6 Å². The molecule has 0 aromatic carbocycles. The highest BCUT2D eigenvalue weighted by Crippen LogP contribution is 2.60. The molecule has 0 spiro atoms. The lowest BCUT2D eigenvalue weighted by atomic mass is 9.49. The number of nitrogens with one attached hydrogen (secondary N) is 2. The summed E-state index contributed by atoms with van der Waals surface area (Å²) in [6, 6.07) is 3.46. The molecule has 1 aliphatic heterocycles. The van der Waals surface area contributed by atoms with Gasteiger partial charge in [-0.25, -0.2) is 4.98 Å². The van der Waals surface area contributed by atoms with Gasteiger partial charge in [-0.05, 0) is 74.8 Å². The molecule has 0 unspecified atom stereocenters. The Kier molecular flexibility index (Phi) is 5.63. The van der Waals surface area contributed by atoms with Gasteiger partial charge in [0.15, 0.2) is 0 Å². The van der Waals surface area contributed by atoms with E-state index in [-0.39, 0.29) is 17.2 Å². The molecule has 4 bridgehead atoms. The van der Waals surface area contributed by atoms with E-state index < -0.39 is 6.04 Å². The Morgan fingerprint density at radius 2 is 1.77 bits per heavy atom. The number of ether oxygens (including phenoxy) is 1. The SMILES string of the molecule is C[C@@H](NC(=O)C12CC3CC(CC(C3)C1)C2)C(=O)NCc1ccc(N2CCOCC2)nc1. The van der Waals surface area contributed by atoms with Crippen LogP contribution in [0, 0.1) is 23.2 Å². The molecule has 1 saturated heterocycles. The summed E-state index contributed by atoms with van der Waals surface area (Å²) in [7, 11) is 0. The molecule has 6 rings (SSSR count). The maximum absolute atomic E-state index is 13.2. The predicted molar refractivity (Wildman–Crippen MR) is 117 cm³/mol. The standard InChI is InChI=1S/C24H34N4O3/c1-16(27-23(30)24-11-18-8-19(12-24)10-20(9-18)13-24)22(29)26-15-17-2-3-21(25-14-17)28-4-6-31-7-5-28/h2-3,14,16,18-20H,4-13,15H2,1H3,(H,26,29)(H,27,30)/t16-,18?,19?,20?,24?/m1/s1. The zero-order valence-corrected chi connectivity index (χ0v) is 18.4. The Balaban J connectivity index is 1.12. The van der Waals surface area contributed by atoms with Gasteiger partial charge in [-0.15, -0.1) is 0 Å². The van der Waals surface area contributed by atoms with Gasteiger partial charge in [-0.3, -0.25) is 9.59 Å². The van der Waals surface area contributed by atoms with E-state index in [4.69, 9.17) is 4.74 Å². The number of rotatable bonds is 6. The molecule has 1 aromatic rings. The number of nitrogens with zero attached hydrogens (tertiary/aromatic N) is 2. The first-order chi connectivity index (χ1) is 15.0. The Labute approximate surface area is 184 Å². The normalized spacial score (nSPS) is 32.5. The molecule has 0 radical (unpaired) electrons. The maximum Gasteiger partial charge on any atom is 0.242 e. The maximum atomic E-state index is 13.2. The molecule has 4 saturated carbocycles. The van der Waals surface area contributed by atoms with Gasteiger partial charge >= 0.3 is 0 Å². The van der Waals surface area contributed by atoms with Crippen LogP contribution in [-0.2, 0) is 20.9 Å². The zero-order valence-electron chi connectivity index (χ0n) is 18.4. The van der Waals surface area contributed by atoms with E-state index in [1.54, 1.807) is 6.92 Å². The van der Waals surface area contributed by atoms with Crippen LogP contribution in [0.2, 0.25) is 0 Å². The van der Waals surface area contributed by atoms with Crippen LogP contribution in [0.1, 0.15) is 51.0 Å². The van der Waals surface area contributed by atoms with Gasteiger partial charge < -0.3 is 20.3 Å². The van der Waals surface area contributed by atoms with E-state index in [1.807, 2.05) is 18.3 Å². The number of amides is 2. The largest absolute Gasteiger partial charge is 0.378 e. The third-order valence-corrected chi connectivity index (χ3v) is 7.87. The molecule has 7 heteroatoms. The number of morpholine rings is 1. The Hall–Kier alpha value is -2.15. The molecule has 2 N–H and O–H groups in total. The second-order valence-corrected chi connectivity index (χ2v) is 10.2. The van der Waals surface area contributed by atoms with Gasteiger partial charge in [0.25, 0.3) is 0 Å². The molecule has 2 amide bonds. The summed E-state index contributed by atoms with van der Waals surface area (Å²) >= 11 is 0. The van der Waals surface area contributed by atoms with Crippen LogP contribution in [0.5, 0.6) is 0 Å². The highest BCUT2D eigenvalue weighted by Gasteiger charge is 2.54. The number of hydrogen-bond donors (Lipinski definition) is 2. The lowest BCUT2D eigenvalue weighted by molar-refractivity contribution is -0.148. The highest BCUT2D eigenvalue weighted by atomic mass is 16.5. The lowest BCUT2D eigenvalue weighted by Crippen LogP contribution is -2.56. The van der Waals surface area contributed by atoms with Crippen LogP contribution in [0.15, 0.2) is 18.3 Å². The first-order valence-corrected chi connectivity index (χ1v) is 11.9. The quantitative estimate of drug-likeness (QED) is 0.729. The topological polar surface area (TPSA) is 83.6 Å². The van der Waals surface area contributed by atoms with E-state index >= 15 is 0 Å². The minimum absolute atomic E-state index is 0.103. The molecule has 1 aromatic heterocycles. The van der Waals surface area contributed by atoms with Crippen molar-refractivity contribution in [2.24, 2.45) is 23.2 Å². The van der Waals surface area contributed by atoms with Gasteiger partial charge in [0.2, 0.25) is 11.8 Å². The third kappa shape index (κ3) is 4.29. The van der Waals surface area contributed by atoms with E-state index in [2.05, 4.69) is 20.5 Å². The van der Waals surface area contributed by atoms with Gasteiger partial charge in [0, 0.05) is 31.2 Å². The second-order valence-electron chi connectivity index (χ2n) is 10.2. The van der Waals surface area contributed by atoms with Crippen LogP contribution >= 0.6 is 0 Å². The molecule has 4 aliphatic carbocycles. The van der Waals surface area contributed by atoms with E-state index in [9.17, 15) is 9.59 Å². The van der Waals surface area contributed by atoms with Crippen molar-refractivity contribution >= 4 is 17.6 Å². The molecule has 2 heterocycles. The molecular weight excluding hydrogens is 392 g/mol. The summed E-state index contributed by atoms with van der Waals surface area (Å²) in [5.74, 6) is 3.05. The van der Waals surface area contributed by atoms with Crippen molar-refractivity contribution in [2.75, 3.05) is 31.2 Å². The smallest absolute Gasteiger partial charge is 0.242 e. The Bertz CT molecular complexity index is 783. The number of aromatic nitrogens is 1. The summed E-state index contributed by atoms with van der Waals surface area (Å²) in [4.78, 5) is 32.5. The van der Waals surface area contributed by atoms with E-state index in [0.29, 0.717) is 24.3 Å². The number of hydrogen-bond acceptors (Lipinski definition) is 5. The van der Waals surface area contributed by atoms with Crippen LogP contribution in [0.3, 0.4) is 0 Å². The van der Waals surface area contributed by atoms with Crippen molar-refractivity contribution in [3.05, 3.63) is 23.9 Å². The van der Waals surface area contributed by atoms with E-state index in [1.165, 1.54) is 19.3 Å². The molecular formula is C24H34N4O3. The summed E-state index contributed by atoms with van der Waals surface area (Å²) in [6.45, 7) is 5.35. The zero-order chi connectivity index (χ0) is 21.4. The van der Waals surface area contributed by atoms with Gasteiger partial charge in [-0.1, -0.05) is 6.07 Å². The van der Waals surface area contributed by atoms with Crippen molar-refractivity contribution in [3.8, 4) is 0 Å². The predicted octanol–water partition coefficient (Wildman–Crippen LogP) is 2.26. The van der Waals surface area contributed by atoms with Crippen LogP contribution in [0.4, 0.5) is 5.82 Å². The second kappa shape index (κ2) is 8.41. The summed E-state index contributed by atoms with van der Waals surface area (Å²) in [6.07, 6.45) is 8.77. The fraction of sp³-hybridized carbons (Fsp3) is 0.708. The molecule has 5 aliphatic rings. The fourth-order valence-corrected chi connectivity index (χ4v) is 6.65. The van der Waals surface area contributed by atoms with Crippen LogP contribution < -0.4 is 15.5 Å². The highest BCUT2D eigenvalue weighted by molar-refractivity contribution is 5.90. The first kappa shape index (κ1) is 20.7. The first-order valence-electron chi connectivity index (χ1n) is 11.9. The molecule has 1 atom stereocenters. The number of anilines is 1. The van der Waals surface area contributed by atoms with Crippen molar-refractivity contribution in [2.45, 2.75) is 58.0 Å². The van der Waals surface area contributed by atoms with Gasteiger partial charge in [0.05, 0.1) is 13.2 Å². The van der Waals surface area contributed by atoms with E-state index in [0.717, 1.165) is 56.9 Å². The van der Waals surface area contributed by atoms with Crippen molar-refractivity contribution in [3.63, 3.8) is 0 Å².